The molecule has 2 rings (SSSR count). The number of likely N-dealkylation sites (tertiary alicyclic amines) is 1. The number of nitrogens with zero attached hydrogens (tertiary/aromatic N) is 3. The number of aryl methyl sites for hydroxylation is 1. The molecule has 0 saturated carbocycles. The van der Waals surface area contributed by atoms with Gasteiger partial charge in [0.2, 0.25) is 0 Å². The fourth-order valence-electron chi connectivity index (χ4n) is 2.61. The highest BCUT2D eigenvalue weighted by atomic mass is 16.4. The summed E-state index contributed by atoms with van der Waals surface area (Å²) in [7, 11) is 0. The van der Waals surface area contributed by atoms with Crippen molar-refractivity contribution in [3.8, 4) is 0 Å². The summed E-state index contributed by atoms with van der Waals surface area (Å²) in [5, 5.41) is 23.1. The Balaban J connectivity index is 2.10. The largest absolute Gasteiger partial charge is 0.480 e. The zero-order chi connectivity index (χ0) is 14.0. The van der Waals surface area contributed by atoms with Gasteiger partial charge >= 0.3 is 5.97 Å². The number of carboxylic acids is 1. The van der Waals surface area contributed by atoms with Crippen molar-refractivity contribution in [1.29, 1.82) is 0 Å². The summed E-state index contributed by atoms with van der Waals surface area (Å²) in [5.41, 5.74) is 2.11. The van der Waals surface area contributed by atoms with Crippen LogP contribution in [0.1, 0.15) is 31.0 Å². The van der Waals surface area contributed by atoms with Crippen molar-refractivity contribution < 1.29 is 15.0 Å². The molecule has 1 aromatic heterocycles. The van der Waals surface area contributed by atoms with Gasteiger partial charge in [-0.1, -0.05) is 6.92 Å². The molecule has 0 amide bonds. The summed E-state index contributed by atoms with van der Waals surface area (Å²) in [4.78, 5) is 13.0. The highest BCUT2D eigenvalue weighted by Gasteiger charge is 2.36. The number of rotatable bonds is 5. The van der Waals surface area contributed by atoms with Gasteiger partial charge in [-0.3, -0.25) is 14.4 Å². The lowest BCUT2D eigenvalue weighted by Crippen LogP contribution is -2.35. The van der Waals surface area contributed by atoms with Crippen LogP contribution in [-0.4, -0.2) is 49.6 Å². The van der Waals surface area contributed by atoms with Crippen LogP contribution in [0, 0.1) is 6.92 Å². The summed E-state index contributed by atoms with van der Waals surface area (Å²) >= 11 is 0. The third-order valence-electron chi connectivity index (χ3n) is 3.68. The molecule has 1 saturated heterocycles. The van der Waals surface area contributed by atoms with Crippen molar-refractivity contribution in [2.75, 3.05) is 6.54 Å². The Bertz CT molecular complexity index is 458. The van der Waals surface area contributed by atoms with E-state index in [0.29, 0.717) is 19.5 Å². The number of hydrogen-bond acceptors (Lipinski definition) is 4. The van der Waals surface area contributed by atoms with E-state index in [0.717, 1.165) is 24.2 Å². The van der Waals surface area contributed by atoms with E-state index in [9.17, 15) is 9.90 Å². The summed E-state index contributed by atoms with van der Waals surface area (Å²) < 4.78 is 1.94. The molecule has 6 heteroatoms. The van der Waals surface area contributed by atoms with E-state index in [-0.39, 0.29) is 0 Å². The lowest BCUT2D eigenvalue weighted by Gasteiger charge is -2.20. The van der Waals surface area contributed by atoms with Crippen LogP contribution >= 0.6 is 0 Å². The third-order valence-corrected chi connectivity index (χ3v) is 3.68. The second kappa shape index (κ2) is 5.71. The molecule has 19 heavy (non-hydrogen) atoms. The monoisotopic (exact) mass is 267 g/mol. The predicted molar refractivity (Wildman–Crippen MR) is 69.7 cm³/mol. The molecule has 0 aromatic carbocycles. The van der Waals surface area contributed by atoms with Crippen molar-refractivity contribution >= 4 is 5.97 Å². The first-order valence-electron chi connectivity index (χ1n) is 6.69. The van der Waals surface area contributed by atoms with E-state index >= 15 is 0 Å². The maximum absolute atomic E-state index is 11.2. The van der Waals surface area contributed by atoms with Gasteiger partial charge in [0.05, 0.1) is 12.3 Å². The lowest BCUT2D eigenvalue weighted by atomic mass is 10.2. The van der Waals surface area contributed by atoms with E-state index in [1.807, 2.05) is 16.5 Å². The number of aliphatic hydroxyl groups excluding tert-OH is 1. The van der Waals surface area contributed by atoms with Crippen molar-refractivity contribution in [2.45, 2.75) is 51.9 Å². The van der Waals surface area contributed by atoms with E-state index in [1.165, 1.54) is 0 Å². The van der Waals surface area contributed by atoms with Crippen LogP contribution in [0.5, 0.6) is 0 Å². The molecule has 0 unspecified atom stereocenters. The summed E-state index contributed by atoms with van der Waals surface area (Å²) in [6.45, 7) is 5.91. The van der Waals surface area contributed by atoms with E-state index in [4.69, 9.17) is 5.11 Å². The SMILES string of the molecule is CCCn1ncc(CN2C[C@H](O)C[C@H]2C(=O)O)c1C. The van der Waals surface area contributed by atoms with Crippen molar-refractivity contribution in [1.82, 2.24) is 14.7 Å². The Morgan fingerprint density at radius 2 is 2.32 bits per heavy atom. The molecule has 2 heterocycles. The molecule has 1 fully saturated rings. The molecule has 106 valence electrons. The normalized spacial score (nSPS) is 23.9. The van der Waals surface area contributed by atoms with E-state index in [2.05, 4.69) is 12.0 Å². The average molecular weight is 267 g/mol. The van der Waals surface area contributed by atoms with Gasteiger partial charge in [-0.15, -0.1) is 0 Å². The second-order valence-corrected chi connectivity index (χ2v) is 5.15. The van der Waals surface area contributed by atoms with Gasteiger partial charge in [-0.25, -0.2) is 0 Å². The topological polar surface area (TPSA) is 78.6 Å². The minimum atomic E-state index is -0.866. The fraction of sp³-hybridized carbons (Fsp3) is 0.692. The smallest absolute Gasteiger partial charge is 0.321 e. The van der Waals surface area contributed by atoms with Gasteiger partial charge in [-0.2, -0.15) is 5.10 Å². The van der Waals surface area contributed by atoms with Crippen molar-refractivity contribution in [3.05, 3.63) is 17.5 Å². The molecule has 0 radical (unpaired) electrons. The maximum Gasteiger partial charge on any atom is 0.321 e. The highest BCUT2D eigenvalue weighted by Crippen LogP contribution is 2.22. The average Bonchev–Trinajstić information content (AvgIpc) is 2.87. The van der Waals surface area contributed by atoms with Gasteiger partial charge in [-0.05, 0) is 13.3 Å². The first-order valence-corrected chi connectivity index (χ1v) is 6.69. The molecular weight excluding hydrogens is 246 g/mol. The zero-order valence-corrected chi connectivity index (χ0v) is 11.4. The molecular formula is C13H21N3O3. The minimum absolute atomic E-state index is 0.303. The van der Waals surface area contributed by atoms with Crippen LogP contribution in [0.15, 0.2) is 6.20 Å². The van der Waals surface area contributed by atoms with Crippen LogP contribution in [0.4, 0.5) is 0 Å². The van der Waals surface area contributed by atoms with Crippen LogP contribution in [-0.2, 0) is 17.9 Å². The highest BCUT2D eigenvalue weighted by molar-refractivity contribution is 5.74. The zero-order valence-electron chi connectivity index (χ0n) is 11.4. The molecule has 0 aliphatic carbocycles. The Kier molecular flexibility index (Phi) is 4.21. The van der Waals surface area contributed by atoms with Crippen molar-refractivity contribution in [3.63, 3.8) is 0 Å². The number of carboxylic acid groups (broad SMARTS) is 1. The number of hydrogen-bond donors (Lipinski definition) is 2. The Morgan fingerprint density at radius 1 is 1.58 bits per heavy atom. The fourth-order valence-corrected chi connectivity index (χ4v) is 2.61. The van der Waals surface area contributed by atoms with E-state index < -0.39 is 18.1 Å². The lowest BCUT2D eigenvalue weighted by molar-refractivity contribution is -0.142. The second-order valence-electron chi connectivity index (χ2n) is 5.15. The number of aliphatic hydroxyl groups is 1. The maximum atomic E-state index is 11.2. The van der Waals surface area contributed by atoms with Crippen LogP contribution in [0.3, 0.4) is 0 Å². The number of β-amino-alcohol motifs (C(OH)–C–C–N with tert-alkyl or cyclic N) is 1. The standard InChI is InChI=1S/C13H21N3O3/c1-3-4-16-9(2)10(6-14-16)7-15-8-11(17)5-12(15)13(18)19/h6,11-12,17H,3-5,7-8H2,1-2H3,(H,18,19)/t11-,12+/m1/s1. The van der Waals surface area contributed by atoms with E-state index in [1.54, 1.807) is 6.20 Å². The quantitative estimate of drug-likeness (QED) is 0.817. The molecule has 1 aliphatic heterocycles. The Morgan fingerprint density at radius 3 is 2.95 bits per heavy atom. The molecule has 2 atom stereocenters. The molecule has 6 nitrogen and oxygen atoms in total. The summed E-state index contributed by atoms with van der Waals surface area (Å²) in [5.74, 6) is -0.866. The molecule has 1 aliphatic rings. The summed E-state index contributed by atoms with van der Waals surface area (Å²) in [6, 6.07) is -0.594. The molecule has 1 aromatic rings. The van der Waals surface area contributed by atoms with Crippen LogP contribution in [0.25, 0.3) is 0 Å². The molecule has 0 spiro atoms. The minimum Gasteiger partial charge on any atom is -0.480 e. The van der Waals surface area contributed by atoms with Gasteiger partial charge < -0.3 is 10.2 Å². The third kappa shape index (κ3) is 2.96. The first-order chi connectivity index (χ1) is 9.02. The number of aliphatic carboxylic acids is 1. The first kappa shape index (κ1) is 14.0. The predicted octanol–water partition coefficient (Wildman–Crippen LogP) is 0.621. The van der Waals surface area contributed by atoms with Gasteiger partial charge in [0.15, 0.2) is 0 Å². The van der Waals surface area contributed by atoms with Crippen molar-refractivity contribution in [2.24, 2.45) is 0 Å². The van der Waals surface area contributed by atoms with Gasteiger partial charge in [0.25, 0.3) is 0 Å². The molecule has 0 bridgehead atoms. The Labute approximate surface area is 112 Å². The van der Waals surface area contributed by atoms with Gasteiger partial charge in [0.1, 0.15) is 6.04 Å². The number of carbonyl (C=O) groups is 1. The molecule has 2 N–H and O–H groups in total. The number of aromatic nitrogens is 2. The van der Waals surface area contributed by atoms with Gasteiger partial charge in [0, 0.05) is 37.3 Å². The van der Waals surface area contributed by atoms with Crippen LogP contribution < -0.4 is 0 Å². The Hall–Kier alpha value is -1.40. The summed E-state index contributed by atoms with van der Waals surface area (Å²) in [6.07, 6.45) is 2.57. The van der Waals surface area contributed by atoms with Crippen LogP contribution in [0.2, 0.25) is 0 Å².